The van der Waals surface area contributed by atoms with Crippen LogP contribution in [0.4, 0.5) is 0 Å². The molecule has 0 spiro atoms. The molecule has 3 heteroatoms. The smallest absolute Gasteiger partial charge is 0.124 e. The summed E-state index contributed by atoms with van der Waals surface area (Å²) in [5.41, 5.74) is 6.95. The van der Waals surface area contributed by atoms with Gasteiger partial charge in [0.1, 0.15) is 5.84 Å². The quantitative estimate of drug-likeness (QED) is 0.359. The fourth-order valence-electron chi connectivity index (χ4n) is 1.03. The Bertz CT molecular complexity index is 388. The highest BCUT2D eigenvalue weighted by Gasteiger charge is 2.00. The zero-order valence-electron chi connectivity index (χ0n) is 7.68. The van der Waals surface area contributed by atoms with Gasteiger partial charge in [0.25, 0.3) is 0 Å². The Morgan fingerprint density at radius 1 is 1.43 bits per heavy atom. The molecule has 0 saturated heterocycles. The van der Waals surface area contributed by atoms with Crippen LogP contribution in [0.5, 0.6) is 0 Å². The Hall–Kier alpha value is -1.27. The molecular weight excluding hydrogens is 240 g/mol. The van der Waals surface area contributed by atoms with E-state index in [1.807, 2.05) is 18.2 Å². The number of nitrogen functional groups attached to an aromatic ring is 1. The van der Waals surface area contributed by atoms with E-state index in [1.54, 1.807) is 6.07 Å². The molecule has 0 amide bonds. The zero-order valence-corrected chi connectivity index (χ0v) is 9.26. The number of nitrogens with one attached hydrogen (secondary N) is 1. The van der Waals surface area contributed by atoms with Crippen LogP contribution in [0, 0.1) is 17.3 Å². The van der Waals surface area contributed by atoms with Crippen LogP contribution in [0.15, 0.2) is 24.3 Å². The Morgan fingerprint density at radius 3 is 2.79 bits per heavy atom. The Balaban J connectivity index is 2.97. The van der Waals surface area contributed by atoms with Gasteiger partial charge in [-0.15, -0.1) is 0 Å². The summed E-state index contributed by atoms with van der Waals surface area (Å²) in [6.07, 6.45) is 0.798. The fraction of sp³-hybridized carbons (Fsp3) is 0.182. The van der Waals surface area contributed by atoms with Gasteiger partial charge in [0.2, 0.25) is 0 Å². The van der Waals surface area contributed by atoms with Gasteiger partial charge in [-0.25, -0.2) is 0 Å². The zero-order chi connectivity index (χ0) is 10.4. The third-order valence-electron chi connectivity index (χ3n) is 1.66. The van der Waals surface area contributed by atoms with Crippen LogP contribution in [-0.4, -0.2) is 11.2 Å². The summed E-state index contributed by atoms with van der Waals surface area (Å²) in [5, 5.41) is 8.22. The maximum absolute atomic E-state index is 7.36. The first-order valence-electron chi connectivity index (χ1n) is 4.24. The number of nitrogens with two attached hydrogens (primary N) is 1. The number of amidine groups is 1. The van der Waals surface area contributed by atoms with Crippen molar-refractivity contribution in [3.8, 4) is 11.8 Å². The van der Waals surface area contributed by atoms with Crippen molar-refractivity contribution in [3.63, 3.8) is 0 Å². The molecule has 3 N–H and O–H groups in total. The highest BCUT2D eigenvalue weighted by molar-refractivity contribution is 9.09. The number of hydrogen-bond acceptors (Lipinski definition) is 1. The Labute approximate surface area is 92.1 Å². The molecule has 0 aliphatic carbocycles. The van der Waals surface area contributed by atoms with Crippen LogP contribution in [0.1, 0.15) is 17.5 Å². The van der Waals surface area contributed by atoms with Crippen LogP contribution in [0.25, 0.3) is 0 Å². The summed E-state index contributed by atoms with van der Waals surface area (Å²) in [4.78, 5) is 0. The van der Waals surface area contributed by atoms with Crippen LogP contribution in [-0.2, 0) is 0 Å². The van der Waals surface area contributed by atoms with Crippen molar-refractivity contribution in [1.82, 2.24) is 0 Å². The van der Waals surface area contributed by atoms with E-state index in [-0.39, 0.29) is 5.84 Å². The third kappa shape index (κ3) is 2.90. The lowest BCUT2D eigenvalue weighted by atomic mass is 10.1. The molecule has 0 saturated carbocycles. The van der Waals surface area contributed by atoms with E-state index in [1.165, 1.54) is 0 Å². The summed E-state index contributed by atoms with van der Waals surface area (Å²) >= 11 is 3.30. The Kier molecular flexibility index (Phi) is 4.21. The molecule has 0 radical (unpaired) electrons. The van der Waals surface area contributed by atoms with E-state index >= 15 is 0 Å². The standard InChI is InChI=1S/C11H11BrN2/c12-8-4-3-6-9-5-1-2-7-10(9)11(13)14/h1-2,5,7H,4,8H2,(H3,13,14). The lowest BCUT2D eigenvalue weighted by Gasteiger charge is -2.00. The normalized spacial score (nSPS) is 8.93. The highest BCUT2D eigenvalue weighted by Crippen LogP contribution is 2.05. The molecule has 1 aromatic carbocycles. The summed E-state index contributed by atoms with van der Waals surface area (Å²) in [6.45, 7) is 0. The SMILES string of the molecule is N=C(N)c1ccccc1C#CCCBr. The van der Waals surface area contributed by atoms with Gasteiger partial charge in [-0.2, -0.15) is 0 Å². The Morgan fingerprint density at radius 2 is 2.14 bits per heavy atom. The largest absolute Gasteiger partial charge is 0.384 e. The van der Waals surface area contributed by atoms with E-state index in [4.69, 9.17) is 11.1 Å². The second-order valence-electron chi connectivity index (χ2n) is 2.70. The molecule has 0 aliphatic rings. The molecule has 72 valence electrons. The van der Waals surface area contributed by atoms with Crippen LogP contribution in [0.3, 0.4) is 0 Å². The van der Waals surface area contributed by atoms with E-state index in [0.29, 0.717) is 5.56 Å². The van der Waals surface area contributed by atoms with Crippen molar-refractivity contribution in [3.05, 3.63) is 35.4 Å². The van der Waals surface area contributed by atoms with Gasteiger partial charge in [0, 0.05) is 22.9 Å². The molecule has 0 fully saturated rings. The van der Waals surface area contributed by atoms with Crippen molar-refractivity contribution >= 4 is 21.8 Å². The minimum atomic E-state index is 0.0637. The lowest BCUT2D eigenvalue weighted by Crippen LogP contribution is -2.12. The van der Waals surface area contributed by atoms with Crippen molar-refractivity contribution in [1.29, 1.82) is 5.41 Å². The first-order valence-corrected chi connectivity index (χ1v) is 5.36. The molecule has 0 aromatic heterocycles. The third-order valence-corrected chi connectivity index (χ3v) is 2.06. The van der Waals surface area contributed by atoms with Gasteiger partial charge in [0.15, 0.2) is 0 Å². The monoisotopic (exact) mass is 250 g/mol. The molecule has 0 atom stereocenters. The predicted molar refractivity (Wildman–Crippen MR) is 62.7 cm³/mol. The van der Waals surface area contributed by atoms with Gasteiger partial charge in [-0.1, -0.05) is 46.0 Å². The van der Waals surface area contributed by atoms with Crippen molar-refractivity contribution in [2.45, 2.75) is 6.42 Å². The number of rotatable bonds is 2. The predicted octanol–water partition coefficient (Wildman–Crippen LogP) is 2.11. The molecule has 0 heterocycles. The first kappa shape index (κ1) is 10.8. The second kappa shape index (κ2) is 5.46. The van der Waals surface area contributed by atoms with Crippen LogP contribution >= 0.6 is 15.9 Å². The van der Waals surface area contributed by atoms with Crippen LogP contribution < -0.4 is 5.73 Å². The fourth-order valence-corrected chi connectivity index (χ4v) is 1.23. The van der Waals surface area contributed by atoms with Crippen molar-refractivity contribution < 1.29 is 0 Å². The topological polar surface area (TPSA) is 49.9 Å². The summed E-state index contributed by atoms with van der Waals surface area (Å²) in [6, 6.07) is 7.43. The van der Waals surface area contributed by atoms with Crippen molar-refractivity contribution in [2.75, 3.05) is 5.33 Å². The summed E-state index contributed by atoms with van der Waals surface area (Å²) in [7, 11) is 0. The molecule has 0 bridgehead atoms. The lowest BCUT2D eigenvalue weighted by molar-refractivity contribution is 1.32. The van der Waals surface area contributed by atoms with Crippen molar-refractivity contribution in [2.24, 2.45) is 5.73 Å². The second-order valence-corrected chi connectivity index (χ2v) is 3.49. The van der Waals surface area contributed by atoms with Crippen LogP contribution in [0.2, 0.25) is 0 Å². The van der Waals surface area contributed by atoms with E-state index in [0.717, 1.165) is 17.3 Å². The molecule has 2 nitrogen and oxygen atoms in total. The molecule has 1 aromatic rings. The van der Waals surface area contributed by atoms with E-state index < -0.39 is 0 Å². The minimum Gasteiger partial charge on any atom is -0.384 e. The average molecular weight is 251 g/mol. The summed E-state index contributed by atoms with van der Waals surface area (Å²) in [5.74, 6) is 6.06. The number of benzene rings is 1. The number of hydrogen-bond donors (Lipinski definition) is 2. The van der Waals surface area contributed by atoms with Gasteiger partial charge >= 0.3 is 0 Å². The maximum Gasteiger partial charge on any atom is 0.124 e. The molecule has 1 rings (SSSR count). The summed E-state index contributed by atoms with van der Waals surface area (Å²) < 4.78 is 0. The van der Waals surface area contributed by atoms with Gasteiger partial charge in [-0.3, -0.25) is 5.41 Å². The van der Waals surface area contributed by atoms with E-state index in [2.05, 4.69) is 27.8 Å². The molecule has 0 unspecified atom stereocenters. The average Bonchev–Trinajstić information content (AvgIpc) is 2.19. The van der Waals surface area contributed by atoms with E-state index in [9.17, 15) is 0 Å². The van der Waals surface area contributed by atoms with Gasteiger partial charge < -0.3 is 5.73 Å². The first-order chi connectivity index (χ1) is 6.75. The van der Waals surface area contributed by atoms with Gasteiger partial charge in [0.05, 0.1) is 0 Å². The minimum absolute atomic E-state index is 0.0637. The molecule has 14 heavy (non-hydrogen) atoms. The number of halogens is 1. The molecule has 0 aliphatic heterocycles. The van der Waals surface area contributed by atoms with Gasteiger partial charge in [-0.05, 0) is 6.07 Å². The maximum atomic E-state index is 7.36. The molecular formula is C11H11BrN2. The number of alkyl halides is 1. The highest BCUT2D eigenvalue weighted by atomic mass is 79.9.